The second kappa shape index (κ2) is 34.1. The maximum Gasteiger partial charge on any atom is 0.160 e. The van der Waals surface area contributed by atoms with E-state index in [9.17, 15) is 4.79 Å². The summed E-state index contributed by atoms with van der Waals surface area (Å²) in [4.78, 5) is 10.0. The minimum atomic E-state index is -0.600. The summed E-state index contributed by atoms with van der Waals surface area (Å²) in [6.07, 6.45) is 19.2. The minimum absolute atomic E-state index is 0.142. The standard InChI is InChI=1S/C6H14O3.C6H12O2.C6H8O2.C6H14O2.C6H12O/c7-4-2-1-3-6(9)5-8;2*7-5-6-3-1-2-4-8-6;7-5-3-1-2-4-6-8;1-6-4-2-3-5-7-6/h6-9H,1-5H2;6-7H,1-5H2;2,4-6H,1,3H2;7-8H,1-6H2;6H,2-5H2,1H3. The van der Waals surface area contributed by atoms with Gasteiger partial charge in [-0.1, -0.05) is 12.8 Å². The van der Waals surface area contributed by atoms with E-state index in [4.69, 9.17) is 44.8 Å². The Morgan fingerprint density at radius 2 is 1.40 bits per heavy atom. The Hall–Kier alpha value is -1.11. The molecule has 6 N–H and O–H groups in total. The minimum Gasteiger partial charge on any atom is -0.491 e. The quantitative estimate of drug-likeness (QED) is 0.149. The van der Waals surface area contributed by atoms with Crippen molar-refractivity contribution in [3.8, 4) is 0 Å². The van der Waals surface area contributed by atoms with Gasteiger partial charge in [-0.15, -0.1) is 0 Å². The van der Waals surface area contributed by atoms with Crippen LogP contribution in [0.5, 0.6) is 0 Å². The molecule has 2 saturated heterocycles. The molecule has 0 bridgehead atoms. The highest BCUT2D eigenvalue weighted by atomic mass is 16.5. The SMILES string of the molecule is CC1CCCCO1.O=CC1CCC=CO1.OCC1CCCCO1.OCCCCC(O)CO.OCCCCCCO. The largest absolute Gasteiger partial charge is 0.491 e. The number of carbonyl (C=O) groups excluding carboxylic acids is 1. The Morgan fingerprint density at radius 1 is 0.800 bits per heavy atom. The first-order valence-corrected chi connectivity index (χ1v) is 15.2. The van der Waals surface area contributed by atoms with Crippen LogP contribution in [0, 0.1) is 0 Å². The average Bonchev–Trinajstić information content (AvgIpc) is 3.02. The van der Waals surface area contributed by atoms with E-state index in [1.165, 1.54) is 25.7 Å². The summed E-state index contributed by atoms with van der Waals surface area (Å²) in [6.45, 7) is 4.71. The van der Waals surface area contributed by atoms with Crippen molar-refractivity contribution in [1.82, 2.24) is 0 Å². The molecule has 0 aromatic rings. The van der Waals surface area contributed by atoms with Crippen LogP contribution in [-0.4, -0.2) is 108 Å². The molecular formula is C30H60O10. The van der Waals surface area contributed by atoms with Crippen molar-refractivity contribution in [3.63, 3.8) is 0 Å². The lowest BCUT2D eigenvalue weighted by atomic mass is 10.1. The zero-order chi connectivity index (χ0) is 30.1. The van der Waals surface area contributed by atoms with Gasteiger partial charge in [0.2, 0.25) is 0 Å². The van der Waals surface area contributed by atoms with Gasteiger partial charge < -0.3 is 44.8 Å². The Kier molecular flexibility index (Phi) is 35.0. The number of rotatable bonds is 12. The Morgan fingerprint density at radius 3 is 1.73 bits per heavy atom. The summed E-state index contributed by atoms with van der Waals surface area (Å²) < 4.78 is 15.3. The van der Waals surface area contributed by atoms with Crippen LogP contribution in [0.3, 0.4) is 0 Å². The highest BCUT2D eigenvalue weighted by molar-refractivity contribution is 5.56. The van der Waals surface area contributed by atoms with Gasteiger partial charge in [-0.2, -0.15) is 0 Å². The maximum absolute atomic E-state index is 10.0. The number of allylic oxidation sites excluding steroid dienone is 1. The molecule has 10 heteroatoms. The Labute approximate surface area is 242 Å². The highest BCUT2D eigenvalue weighted by Gasteiger charge is 2.11. The number of aldehydes is 1. The molecule has 40 heavy (non-hydrogen) atoms. The number of hydrogen-bond donors (Lipinski definition) is 6. The molecule has 0 amide bonds. The van der Waals surface area contributed by atoms with Gasteiger partial charge in [-0.05, 0) is 96.5 Å². The third kappa shape index (κ3) is 31.4. The molecule has 10 nitrogen and oxygen atoms in total. The van der Waals surface area contributed by atoms with Gasteiger partial charge in [0.25, 0.3) is 0 Å². The second-order valence-electron chi connectivity index (χ2n) is 10.0. The third-order valence-corrected chi connectivity index (χ3v) is 6.23. The van der Waals surface area contributed by atoms with E-state index < -0.39 is 6.10 Å². The smallest absolute Gasteiger partial charge is 0.160 e. The summed E-state index contributed by atoms with van der Waals surface area (Å²) in [5, 5.41) is 50.6. The molecule has 2 fully saturated rings. The van der Waals surface area contributed by atoms with Crippen molar-refractivity contribution in [2.45, 2.75) is 128 Å². The molecule has 3 aliphatic rings. The van der Waals surface area contributed by atoms with E-state index in [0.717, 1.165) is 77.3 Å². The second-order valence-corrected chi connectivity index (χ2v) is 10.0. The molecule has 0 radical (unpaired) electrons. The van der Waals surface area contributed by atoms with Crippen molar-refractivity contribution >= 4 is 6.29 Å². The van der Waals surface area contributed by atoms with Crippen LogP contribution in [0.1, 0.15) is 103 Å². The normalized spacial score (nSPS) is 22.2. The van der Waals surface area contributed by atoms with E-state index in [1.807, 2.05) is 6.08 Å². The third-order valence-electron chi connectivity index (χ3n) is 6.23. The van der Waals surface area contributed by atoms with E-state index >= 15 is 0 Å². The molecule has 0 aromatic heterocycles. The predicted molar refractivity (Wildman–Crippen MR) is 156 cm³/mol. The molecule has 0 aliphatic carbocycles. The number of unbranched alkanes of at least 4 members (excludes halogenated alkanes) is 4. The molecule has 3 aliphatic heterocycles. The molecule has 0 aromatic carbocycles. The fourth-order valence-electron chi connectivity index (χ4n) is 3.67. The topological polar surface area (TPSA) is 166 Å². The van der Waals surface area contributed by atoms with Crippen LogP contribution in [0.15, 0.2) is 12.3 Å². The monoisotopic (exact) mass is 580 g/mol. The summed E-state index contributed by atoms with van der Waals surface area (Å²) in [6, 6.07) is 0. The van der Waals surface area contributed by atoms with Crippen LogP contribution < -0.4 is 0 Å². The lowest BCUT2D eigenvalue weighted by Gasteiger charge is -2.19. The average molecular weight is 581 g/mol. The molecule has 4 atom stereocenters. The van der Waals surface area contributed by atoms with Gasteiger partial charge in [-0.3, -0.25) is 4.79 Å². The lowest BCUT2D eigenvalue weighted by Crippen LogP contribution is -2.22. The first-order chi connectivity index (χ1) is 19.5. The van der Waals surface area contributed by atoms with Gasteiger partial charge in [0.05, 0.1) is 37.8 Å². The van der Waals surface area contributed by atoms with Gasteiger partial charge in [0.1, 0.15) is 0 Å². The molecule has 240 valence electrons. The van der Waals surface area contributed by atoms with Crippen molar-refractivity contribution in [2.24, 2.45) is 0 Å². The number of aliphatic hydroxyl groups excluding tert-OH is 6. The van der Waals surface area contributed by atoms with Crippen molar-refractivity contribution in [3.05, 3.63) is 12.3 Å². The van der Waals surface area contributed by atoms with Gasteiger partial charge >= 0.3 is 0 Å². The highest BCUT2D eigenvalue weighted by Crippen LogP contribution is 2.11. The van der Waals surface area contributed by atoms with E-state index in [2.05, 4.69) is 6.92 Å². The van der Waals surface area contributed by atoms with Crippen molar-refractivity contribution < 1.29 is 49.6 Å². The summed E-state index contributed by atoms with van der Waals surface area (Å²) in [5.74, 6) is 0. The van der Waals surface area contributed by atoms with E-state index in [1.54, 1.807) is 6.26 Å². The van der Waals surface area contributed by atoms with E-state index in [0.29, 0.717) is 18.9 Å². The number of ether oxygens (including phenoxy) is 3. The summed E-state index contributed by atoms with van der Waals surface area (Å²) in [5.41, 5.74) is 0. The van der Waals surface area contributed by atoms with Crippen LogP contribution in [0.4, 0.5) is 0 Å². The van der Waals surface area contributed by atoms with Crippen LogP contribution in [0.2, 0.25) is 0 Å². The number of hydrogen-bond acceptors (Lipinski definition) is 10. The molecule has 0 spiro atoms. The maximum atomic E-state index is 10.0. The molecule has 0 saturated carbocycles. The zero-order valence-corrected chi connectivity index (χ0v) is 24.9. The van der Waals surface area contributed by atoms with Gasteiger partial charge in [-0.25, -0.2) is 0 Å². The summed E-state index contributed by atoms with van der Waals surface area (Å²) in [7, 11) is 0. The van der Waals surface area contributed by atoms with E-state index in [-0.39, 0.29) is 45.2 Å². The molecule has 3 heterocycles. The fourth-order valence-corrected chi connectivity index (χ4v) is 3.67. The predicted octanol–water partition coefficient (Wildman–Crippen LogP) is 3.03. The number of carbonyl (C=O) groups is 1. The molecule has 4 unspecified atom stereocenters. The van der Waals surface area contributed by atoms with Crippen molar-refractivity contribution in [1.29, 1.82) is 0 Å². The fraction of sp³-hybridized carbons (Fsp3) is 0.900. The molecule has 3 rings (SSSR count). The summed E-state index contributed by atoms with van der Waals surface area (Å²) >= 11 is 0. The lowest BCUT2D eigenvalue weighted by molar-refractivity contribution is -0.115. The van der Waals surface area contributed by atoms with Crippen molar-refractivity contribution in [2.75, 3.05) is 46.2 Å². The molecular weight excluding hydrogens is 520 g/mol. The van der Waals surface area contributed by atoms with Gasteiger partial charge in [0, 0.05) is 33.0 Å². The first kappa shape index (κ1) is 41.0. The number of aliphatic hydroxyl groups is 6. The Balaban J connectivity index is 0. The van der Waals surface area contributed by atoms with Gasteiger partial charge in [0.15, 0.2) is 12.4 Å². The first-order valence-electron chi connectivity index (χ1n) is 15.2. The zero-order valence-electron chi connectivity index (χ0n) is 24.9. The van der Waals surface area contributed by atoms with Crippen LogP contribution in [0.25, 0.3) is 0 Å². The van der Waals surface area contributed by atoms with Crippen LogP contribution >= 0.6 is 0 Å². The van der Waals surface area contributed by atoms with Crippen LogP contribution in [-0.2, 0) is 19.0 Å². The Bertz CT molecular complexity index is 503.